The second-order valence-corrected chi connectivity index (χ2v) is 5.19. The molecule has 5 heteroatoms. The molecule has 2 rings (SSSR count). The van der Waals surface area contributed by atoms with Gasteiger partial charge in [-0.05, 0) is 31.6 Å². The fourth-order valence-corrected chi connectivity index (χ4v) is 2.58. The monoisotopic (exact) mass is 242 g/mol. The van der Waals surface area contributed by atoms with E-state index in [2.05, 4.69) is 0 Å². The van der Waals surface area contributed by atoms with Gasteiger partial charge in [0.25, 0.3) is 0 Å². The standard InChI is InChI=1S/C12H22N2O3/c13-12(3-7-17-8-4-12)11(16)14-5-1-10(9-15)2-6-14/h10,15H,1-9,13H2. The molecule has 0 unspecified atom stereocenters. The van der Waals surface area contributed by atoms with E-state index in [9.17, 15) is 4.79 Å². The minimum atomic E-state index is -0.718. The molecule has 1 amide bonds. The lowest BCUT2D eigenvalue weighted by molar-refractivity contribution is -0.142. The van der Waals surface area contributed by atoms with Gasteiger partial charge in [-0.2, -0.15) is 0 Å². The Kier molecular flexibility index (Phi) is 4.01. The second-order valence-electron chi connectivity index (χ2n) is 5.19. The third kappa shape index (κ3) is 2.78. The fourth-order valence-electron chi connectivity index (χ4n) is 2.58. The van der Waals surface area contributed by atoms with Crippen molar-refractivity contribution in [3.8, 4) is 0 Å². The van der Waals surface area contributed by atoms with Crippen molar-refractivity contribution >= 4 is 5.91 Å². The Hall–Kier alpha value is -0.650. The fraction of sp³-hybridized carbons (Fsp3) is 0.917. The van der Waals surface area contributed by atoms with Crippen molar-refractivity contribution < 1.29 is 14.6 Å². The number of hydrogen-bond acceptors (Lipinski definition) is 4. The largest absolute Gasteiger partial charge is 0.396 e. The van der Waals surface area contributed by atoms with Crippen LogP contribution >= 0.6 is 0 Å². The molecular weight excluding hydrogens is 220 g/mol. The third-order valence-electron chi connectivity index (χ3n) is 3.97. The molecule has 17 heavy (non-hydrogen) atoms. The van der Waals surface area contributed by atoms with Gasteiger partial charge in [0.2, 0.25) is 5.91 Å². The summed E-state index contributed by atoms with van der Waals surface area (Å²) < 4.78 is 5.25. The number of carbonyl (C=O) groups excluding carboxylic acids is 1. The molecule has 0 aromatic heterocycles. The number of aliphatic hydroxyl groups excluding tert-OH is 1. The molecule has 2 saturated heterocycles. The van der Waals surface area contributed by atoms with Crippen LogP contribution in [-0.4, -0.2) is 54.4 Å². The average Bonchev–Trinajstić information content (AvgIpc) is 2.39. The maximum absolute atomic E-state index is 12.4. The molecule has 0 atom stereocenters. The van der Waals surface area contributed by atoms with Crippen LogP contribution in [0.5, 0.6) is 0 Å². The quantitative estimate of drug-likeness (QED) is 0.698. The Balaban J connectivity index is 1.91. The normalized spacial score (nSPS) is 25.9. The third-order valence-corrected chi connectivity index (χ3v) is 3.97. The zero-order valence-electron chi connectivity index (χ0n) is 10.2. The predicted octanol–water partition coefficient (Wildman–Crippen LogP) is -0.275. The van der Waals surface area contributed by atoms with Gasteiger partial charge in [-0.25, -0.2) is 0 Å². The Morgan fingerprint density at radius 3 is 2.47 bits per heavy atom. The van der Waals surface area contributed by atoms with Gasteiger partial charge in [0.05, 0.1) is 5.54 Å². The van der Waals surface area contributed by atoms with E-state index in [0.717, 1.165) is 25.9 Å². The maximum Gasteiger partial charge on any atom is 0.242 e. The van der Waals surface area contributed by atoms with Crippen molar-refractivity contribution in [2.24, 2.45) is 11.7 Å². The van der Waals surface area contributed by atoms with Crippen molar-refractivity contribution in [1.82, 2.24) is 4.90 Å². The molecule has 0 spiro atoms. The first kappa shape index (κ1) is 12.8. The van der Waals surface area contributed by atoms with Gasteiger partial charge in [0.1, 0.15) is 0 Å². The van der Waals surface area contributed by atoms with Crippen LogP contribution in [0.15, 0.2) is 0 Å². The molecule has 0 bridgehead atoms. The van der Waals surface area contributed by atoms with E-state index in [0.29, 0.717) is 32.0 Å². The lowest BCUT2D eigenvalue weighted by Gasteiger charge is -2.39. The highest BCUT2D eigenvalue weighted by molar-refractivity contribution is 5.86. The number of likely N-dealkylation sites (tertiary alicyclic amines) is 1. The summed E-state index contributed by atoms with van der Waals surface area (Å²) in [7, 11) is 0. The number of nitrogens with zero attached hydrogens (tertiary/aromatic N) is 1. The Bertz CT molecular complexity index is 269. The van der Waals surface area contributed by atoms with Gasteiger partial charge in [0, 0.05) is 32.9 Å². The summed E-state index contributed by atoms with van der Waals surface area (Å²) in [6, 6.07) is 0. The molecule has 0 saturated carbocycles. The average molecular weight is 242 g/mol. The van der Waals surface area contributed by atoms with E-state index in [-0.39, 0.29) is 12.5 Å². The summed E-state index contributed by atoms with van der Waals surface area (Å²) in [6.45, 7) is 2.84. The second kappa shape index (κ2) is 5.33. The van der Waals surface area contributed by atoms with E-state index in [1.165, 1.54) is 0 Å². The number of piperidine rings is 1. The predicted molar refractivity (Wildman–Crippen MR) is 63.4 cm³/mol. The zero-order chi connectivity index (χ0) is 12.3. The van der Waals surface area contributed by atoms with Gasteiger partial charge < -0.3 is 20.5 Å². The number of aliphatic hydroxyl groups is 1. The highest BCUT2D eigenvalue weighted by atomic mass is 16.5. The Labute approximate surface area is 102 Å². The first-order chi connectivity index (χ1) is 8.15. The number of amides is 1. The lowest BCUT2D eigenvalue weighted by atomic mass is 9.88. The highest BCUT2D eigenvalue weighted by Crippen LogP contribution is 2.24. The van der Waals surface area contributed by atoms with Gasteiger partial charge in [-0.1, -0.05) is 0 Å². The van der Waals surface area contributed by atoms with Crippen LogP contribution in [0.3, 0.4) is 0 Å². The number of hydrogen-bond donors (Lipinski definition) is 2. The molecule has 98 valence electrons. The molecule has 2 aliphatic rings. The minimum absolute atomic E-state index is 0.0668. The van der Waals surface area contributed by atoms with E-state index in [4.69, 9.17) is 15.6 Å². The van der Waals surface area contributed by atoms with E-state index < -0.39 is 5.54 Å². The molecule has 2 aliphatic heterocycles. The molecule has 0 aliphatic carbocycles. The first-order valence-corrected chi connectivity index (χ1v) is 6.42. The minimum Gasteiger partial charge on any atom is -0.396 e. The summed E-state index contributed by atoms with van der Waals surface area (Å²) in [5, 5.41) is 9.07. The molecule has 2 heterocycles. The number of carbonyl (C=O) groups is 1. The smallest absolute Gasteiger partial charge is 0.242 e. The van der Waals surface area contributed by atoms with E-state index >= 15 is 0 Å². The van der Waals surface area contributed by atoms with Gasteiger partial charge in [-0.15, -0.1) is 0 Å². The van der Waals surface area contributed by atoms with Gasteiger partial charge >= 0.3 is 0 Å². The summed E-state index contributed by atoms with van der Waals surface area (Å²) in [4.78, 5) is 14.2. The SMILES string of the molecule is NC1(C(=O)N2CCC(CO)CC2)CCOCC1. The summed E-state index contributed by atoms with van der Waals surface area (Å²) in [5.74, 6) is 0.416. The maximum atomic E-state index is 12.4. The van der Waals surface area contributed by atoms with Crippen LogP contribution in [0.4, 0.5) is 0 Å². The molecule has 5 nitrogen and oxygen atoms in total. The van der Waals surface area contributed by atoms with Crippen LogP contribution in [0.1, 0.15) is 25.7 Å². The summed E-state index contributed by atoms with van der Waals surface area (Å²) >= 11 is 0. The molecule has 0 radical (unpaired) electrons. The van der Waals surface area contributed by atoms with Crippen LogP contribution < -0.4 is 5.73 Å². The van der Waals surface area contributed by atoms with Crippen LogP contribution in [0.25, 0.3) is 0 Å². The van der Waals surface area contributed by atoms with Crippen LogP contribution in [0, 0.1) is 5.92 Å². The van der Waals surface area contributed by atoms with Crippen molar-refractivity contribution in [3.05, 3.63) is 0 Å². The van der Waals surface area contributed by atoms with Crippen molar-refractivity contribution in [2.45, 2.75) is 31.2 Å². The molecular formula is C12H22N2O3. The van der Waals surface area contributed by atoms with Crippen molar-refractivity contribution in [3.63, 3.8) is 0 Å². The topological polar surface area (TPSA) is 75.8 Å². The summed E-state index contributed by atoms with van der Waals surface area (Å²) in [6.07, 6.45) is 3.00. The number of ether oxygens (including phenoxy) is 1. The number of nitrogens with two attached hydrogens (primary N) is 1. The summed E-state index contributed by atoms with van der Waals surface area (Å²) in [5.41, 5.74) is 5.46. The first-order valence-electron chi connectivity index (χ1n) is 6.42. The number of rotatable bonds is 2. The van der Waals surface area contributed by atoms with Crippen LogP contribution in [0.2, 0.25) is 0 Å². The van der Waals surface area contributed by atoms with Gasteiger partial charge in [-0.3, -0.25) is 4.79 Å². The highest BCUT2D eigenvalue weighted by Gasteiger charge is 2.39. The van der Waals surface area contributed by atoms with E-state index in [1.807, 2.05) is 4.90 Å². The lowest BCUT2D eigenvalue weighted by Crippen LogP contribution is -2.59. The van der Waals surface area contributed by atoms with Crippen LogP contribution in [-0.2, 0) is 9.53 Å². The van der Waals surface area contributed by atoms with Crippen molar-refractivity contribution in [1.29, 1.82) is 0 Å². The Morgan fingerprint density at radius 1 is 1.35 bits per heavy atom. The Morgan fingerprint density at radius 2 is 1.94 bits per heavy atom. The van der Waals surface area contributed by atoms with Crippen molar-refractivity contribution in [2.75, 3.05) is 32.9 Å². The van der Waals surface area contributed by atoms with E-state index in [1.54, 1.807) is 0 Å². The van der Waals surface area contributed by atoms with Gasteiger partial charge in [0.15, 0.2) is 0 Å². The molecule has 3 N–H and O–H groups in total. The molecule has 0 aromatic carbocycles. The molecule has 2 fully saturated rings. The molecule has 0 aromatic rings. The zero-order valence-corrected chi connectivity index (χ0v) is 10.2.